The Labute approximate surface area is 131 Å². The van der Waals surface area contributed by atoms with Gasteiger partial charge in [-0.25, -0.2) is 9.97 Å². The van der Waals surface area contributed by atoms with Gasteiger partial charge >= 0.3 is 0 Å². The van der Waals surface area contributed by atoms with Crippen molar-refractivity contribution >= 4 is 28.5 Å². The number of benzene rings is 1. The number of Topliss-reactive ketones (excluding diaryl/α,β-unsaturated/α-hetero) is 1. The molecule has 0 atom stereocenters. The standard InChI is InChI=1S/C16H14N2OS2/c1-11-17-14(9-20-11)8-16-18-13(10-21-16)7-15(19)12-5-3-2-4-6-12/h2-6,9-10H,7-8H2,1H3. The van der Waals surface area contributed by atoms with Gasteiger partial charge < -0.3 is 0 Å². The summed E-state index contributed by atoms with van der Waals surface area (Å²) in [6, 6.07) is 9.35. The van der Waals surface area contributed by atoms with Crippen molar-refractivity contribution in [3.63, 3.8) is 0 Å². The average Bonchev–Trinajstić information content (AvgIpc) is 3.09. The summed E-state index contributed by atoms with van der Waals surface area (Å²) in [6.45, 7) is 2.00. The van der Waals surface area contributed by atoms with Gasteiger partial charge in [0.25, 0.3) is 0 Å². The molecule has 2 heterocycles. The van der Waals surface area contributed by atoms with Crippen molar-refractivity contribution in [3.05, 3.63) is 68.1 Å². The Morgan fingerprint density at radius 3 is 2.52 bits per heavy atom. The van der Waals surface area contributed by atoms with Gasteiger partial charge in [0.1, 0.15) is 0 Å². The summed E-state index contributed by atoms with van der Waals surface area (Å²) in [7, 11) is 0. The molecule has 3 nitrogen and oxygen atoms in total. The topological polar surface area (TPSA) is 42.9 Å². The lowest BCUT2D eigenvalue weighted by Gasteiger charge is -1.97. The van der Waals surface area contributed by atoms with E-state index in [1.807, 2.05) is 42.6 Å². The van der Waals surface area contributed by atoms with Crippen LogP contribution < -0.4 is 0 Å². The molecule has 0 saturated heterocycles. The van der Waals surface area contributed by atoms with Crippen molar-refractivity contribution in [2.24, 2.45) is 0 Å². The third-order valence-corrected chi connectivity index (χ3v) is 4.76. The fraction of sp³-hybridized carbons (Fsp3) is 0.188. The van der Waals surface area contributed by atoms with Gasteiger partial charge in [0, 0.05) is 22.7 Å². The summed E-state index contributed by atoms with van der Waals surface area (Å²) in [5.41, 5.74) is 2.63. The highest BCUT2D eigenvalue weighted by atomic mass is 32.1. The Kier molecular flexibility index (Phi) is 4.22. The number of thiazole rings is 2. The highest BCUT2D eigenvalue weighted by Crippen LogP contribution is 2.17. The molecule has 3 rings (SSSR count). The van der Waals surface area contributed by atoms with Gasteiger partial charge in [-0.05, 0) is 6.92 Å². The largest absolute Gasteiger partial charge is 0.294 e. The van der Waals surface area contributed by atoms with Crippen molar-refractivity contribution in [2.45, 2.75) is 19.8 Å². The third kappa shape index (κ3) is 3.62. The number of aryl methyl sites for hydroxylation is 1. The minimum atomic E-state index is 0.108. The van der Waals surface area contributed by atoms with Crippen molar-refractivity contribution in [1.29, 1.82) is 0 Å². The Bertz CT molecular complexity index is 746. The number of aromatic nitrogens is 2. The molecule has 0 fully saturated rings. The molecule has 0 spiro atoms. The van der Waals surface area contributed by atoms with Crippen LogP contribution in [0.1, 0.15) is 31.8 Å². The van der Waals surface area contributed by atoms with Crippen LogP contribution >= 0.6 is 22.7 Å². The van der Waals surface area contributed by atoms with E-state index in [9.17, 15) is 4.79 Å². The van der Waals surface area contributed by atoms with Crippen molar-refractivity contribution in [3.8, 4) is 0 Å². The van der Waals surface area contributed by atoms with Crippen LogP contribution in [0.4, 0.5) is 0 Å². The summed E-state index contributed by atoms with van der Waals surface area (Å²) < 4.78 is 0. The zero-order valence-electron chi connectivity index (χ0n) is 11.6. The number of carbonyl (C=O) groups is 1. The second kappa shape index (κ2) is 6.28. The molecule has 0 unspecified atom stereocenters. The zero-order chi connectivity index (χ0) is 14.7. The van der Waals surface area contributed by atoms with E-state index < -0.39 is 0 Å². The molecule has 3 aromatic rings. The summed E-state index contributed by atoms with van der Waals surface area (Å²) in [5.74, 6) is 0.108. The van der Waals surface area contributed by atoms with Crippen molar-refractivity contribution < 1.29 is 4.79 Å². The van der Waals surface area contributed by atoms with Crippen LogP contribution in [0.15, 0.2) is 41.1 Å². The van der Waals surface area contributed by atoms with Crippen LogP contribution in [-0.4, -0.2) is 15.8 Å². The van der Waals surface area contributed by atoms with Gasteiger partial charge in [-0.3, -0.25) is 4.79 Å². The highest BCUT2D eigenvalue weighted by Gasteiger charge is 2.10. The van der Waals surface area contributed by atoms with E-state index in [4.69, 9.17) is 0 Å². The summed E-state index contributed by atoms with van der Waals surface area (Å²) in [6.07, 6.45) is 1.10. The first-order chi connectivity index (χ1) is 10.2. The molecular formula is C16H14N2OS2. The molecule has 0 aliphatic heterocycles. The monoisotopic (exact) mass is 314 g/mol. The summed E-state index contributed by atoms with van der Waals surface area (Å²) >= 11 is 3.24. The van der Waals surface area contributed by atoms with E-state index in [0.717, 1.165) is 33.4 Å². The second-order valence-corrected chi connectivity index (χ2v) is 6.74. The molecule has 0 saturated carbocycles. The van der Waals surface area contributed by atoms with Gasteiger partial charge in [-0.2, -0.15) is 0 Å². The number of hydrogen-bond donors (Lipinski definition) is 0. The Hall–Kier alpha value is -1.85. The third-order valence-electron chi connectivity index (χ3n) is 3.04. The molecule has 1 aromatic carbocycles. The van der Waals surface area contributed by atoms with E-state index in [1.54, 1.807) is 22.7 Å². The van der Waals surface area contributed by atoms with Gasteiger partial charge in [0.2, 0.25) is 0 Å². The van der Waals surface area contributed by atoms with Crippen LogP contribution in [0.5, 0.6) is 0 Å². The molecule has 5 heteroatoms. The smallest absolute Gasteiger partial charge is 0.168 e. The lowest BCUT2D eigenvalue weighted by atomic mass is 10.1. The first-order valence-electron chi connectivity index (χ1n) is 6.63. The van der Waals surface area contributed by atoms with E-state index in [1.165, 1.54) is 0 Å². The number of carbonyl (C=O) groups excluding carboxylic acids is 1. The molecule has 0 aliphatic carbocycles. The first-order valence-corrected chi connectivity index (χ1v) is 8.39. The van der Waals surface area contributed by atoms with E-state index in [0.29, 0.717) is 6.42 Å². The number of ketones is 1. The zero-order valence-corrected chi connectivity index (χ0v) is 13.2. The van der Waals surface area contributed by atoms with Gasteiger partial charge in [-0.1, -0.05) is 30.3 Å². The number of rotatable bonds is 5. The Balaban J connectivity index is 1.66. The van der Waals surface area contributed by atoms with E-state index in [2.05, 4.69) is 15.3 Å². The molecule has 106 valence electrons. The predicted molar refractivity (Wildman–Crippen MR) is 86.2 cm³/mol. The van der Waals surface area contributed by atoms with E-state index >= 15 is 0 Å². The minimum Gasteiger partial charge on any atom is -0.294 e. The molecule has 0 radical (unpaired) electrons. The Morgan fingerprint density at radius 1 is 1.05 bits per heavy atom. The lowest BCUT2D eigenvalue weighted by molar-refractivity contribution is 0.0992. The maximum Gasteiger partial charge on any atom is 0.168 e. The van der Waals surface area contributed by atoms with Crippen LogP contribution in [0.25, 0.3) is 0 Å². The fourth-order valence-electron chi connectivity index (χ4n) is 2.05. The number of hydrogen-bond acceptors (Lipinski definition) is 5. The maximum atomic E-state index is 12.1. The van der Waals surface area contributed by atoms with Crippen LogP contribution in [-0.2, 0) is 12.8 Å². The van der Waals surface area contributed by atoms with E-state index in [-0.39, 0.29) is 5.78 Å². The van der Waals surface area contributed by atoms with Crippen molar-refractivity contribution in [2.75, 3.05) is 0 Å². The molecule has 0 N–H and O–H groups in total. The normalized spacial score (nSPS) is 10.7. The minimum absolute atomic E-state index is 0.108. The van der Waals surface area contributed by atoms with Crippen LogP contribution in [0.2, 0.25) is 0 Å². The average molecular weight is 314 g/mol. The maximum absolute atomic E-state index is 12.1. The molecule has 0 amide bonds. The molecular weight excluding hydrogens is 300 g/mol. The number of nitrogens with zero attached hydrogens (tertiary/aromatic N) is 2. The predicted octanol–water partition coefficient (Wildman–Crippen LogP) is 3.92. The Morgan fingerprint density at radius 2 is 1.81 bits per heavy atom. The molecule has 21 heavy (non-hydrogen) atoms. The van der Waals surface area contributed by atoms with Gasteiger partial charge in [0.15, 0.2) is 5.78 Å². The summed E-state index contributed by atoms with van der Waals surface area (Å²) in [4.78, 5) is 21.1. The lowest BCUT2D eigenvalue weighted by Crippen LogP contribution is -2.03. The second-order valence-electron chi connectivity index (χ2n) is 4.73. The van der Waals surface area contributed by atoms with Gasteiger partial charge in [-0.15, -0.1) is 22.7 Å². The van der Waals surface area contributed by atoms with Crippen molar-refractivity contribution in [1.82, 2.24) is 9.97 Å². The quantitative estimate of drug-likeness (QED) is 0.670. The van der Waals surface area contributed by atoms with Crippen LogP contribution in [0, 0.1) is 6.92 Å². The summed E-state index contributed by atoms with van der Waals surface area (Å²) in [5, 5.41) is 6.11. The highest BCUT2D eigenvalue weighted by molar-refractivity contribution is 7.10. The molecule has 0 aliphatic rings. The fourth-order valence-corrected chi connectivity index (χ4v) is 3.47. The molecule has 2 aromatic heterocycles. The molecule has 0 bridgehead atoms. The van der Waals surface area contributed by atoms with Gasteiger partial charge in [0.05, 0.1) is 27.8 Å². The first kappa shape index (κ1) is 14.1. The SMILES string of the molecule is Cc1nc(Cc2nc(CC(=O)c3ccccc3)cs2)cs1. The van der Waals surface area contributed by atoms with Crippen LogP contribution in [0.3, 0.4) is 0 Å².